The maximum atomic E-state index is 13.0. The zero-order valence-corrected chi connectivity index (χ0v) is 19.1. The van der Waals surface area contributed by atoms with Crippen LogP contribution in [0.5, 0.6) is 0 Å². The van der Waals surface area contributed by atoms with E-state index in [1.165, 1.54) is 6.07 Å². The highest BCUT2D eigenvalue weighted by Gasteiger charge is 2.30. The van der Waals surface area contributed by atoms with Crippen molar-refractivity contribution in [1.29, 1.82) is 0 Å². The molecule has 2 aromatic rings. The molecule has 0 bridgehead atoms. The van der Waals surface area contributed by atoms with Gasteiger partial charge in [0.05, 0.1) is 4.90 Å². The Bertz CT molecular complexity index is 1080. The molecule has 8 heteroatoms. The molecule has 0 aliphatic carbocycles. The molecule has 0 saturated heterocycles. The summed E-state index contributed by atoms with van der Waals surface area (Å²) in [7, 11) is -3.93. The molecule has 7 nitrogen and oxygen atoms in total. The van der Waals surface area contributed by atoms with E-state index in [-0.39, 0.29) is 16.7 Å². The Labute approximate surface area is 183 Å². The highest BCUT2D eigenvalue weighted by Crippen LogP contribution is 2.30. The van der Waals surface area contributed by atoms with Crippen LogP contribution in [0.3, 0.4) is 0 Å². The van der Waals surface area contributed by atoms with Crippen LogP contribution in [0.1, 0.15) is 38.3 Å². The van der Waals surface area contributed by atoms with Crippen LogP contribution in [0.25, 0.3) is 0 Å². The molecule has 0 spiro atoms. The molecule has 0 fully saturated rings. The van der Waals surface area contributed by atoms with E-state index in [4.69, 9.17) is 0 Å². The van der Waals surface area contributed by atoms with E-state index < -0.39 is 22.0 Å². The first-order valence-electron chi connectivity index (χ1n) is 10.5. The quantitative estimate of drug-likeness (QED) is 0.687. The zero-order valence-electron chi connectivity index (χ0n) is 18.3. The number of benzene rings is 2. The highest BCUT2D eigenvalue weighted by atomic mass is 32.2. The van der Waals surface area contributed by atoms with Crippen molar-refractivity contribution in [3.05, 3.63) is 53.6 Å². The van der Waals surface area contributed by atoms with Crippen LogP contribution in [-0.2, 0) is 26.0 Å². The van der Waals surface area contributed by atoms with E-state index in [9.17, 15) is 18.0 Å². The first-order chi connectivity index (χ1) is 14.6. The number of hydrogen-bond acceptors (Lipinski definition) is 4. The second-order valence-corrected chi connectivity index (χ2v) is 9.85. The SMILES string of the molecule is CCC(=O)N1CCc2cc(S(=O)(=O)NC(C(=O)Nc3ccc(C)cc3)C(C)C)ccc21. The maximum absolute atomic E-state index is 13.0. The minimum atomic E-state index is -3.93. The molecule has 0 radical (unpaired) electrons. The number of hydrogen-bond donors (Lipinski definition) is 2. The van der Waals surface area contributed by atoms with Gasteiger partial charge in [-0.3, -0.25) is 9.59 Å². The van der Waals surface area contributed by atoms with Gasteiger partial charge in [-0.2, -0.15) is 4.72 Å². The number of fused-ring (bicyclic) bond motifs is 1. The van der Waals surface area contributed by atoms with Gasteiger partial charge < -0.3 is 10.2 Å². The number of rotatable bonds is 7. The molecule has 1 unspecified atom stereocenters. The highest BCUT2D eigenvalue weighted by molar-refractivity contribution is 7.89. The lowest BCUT2D eigenvalue weighted by atomic mass is 10.0. The molecule has 1 atom stereocenters. The molecule has 0 saturated carbocycles. The largest absolute Gasteiger partial charge is 0.325 e. The van der Waals surface area contributed by atoms with Crippen LogP contribution in [0.15, 0.2) is 47.4 Å². The van der Waals surface area contributed by atoms with Crippen LogP contribution >= 0.6 is 0 Å². The first kappa shape index (κ1) is 23.0. The van der Waals surface area contributed by atoms with Gasteiger partial charge in [-0.15, -0.1) is 0 Å². The summed E-state index contributed by atoms with van der Waals surface area (Å²) in [6.07, 6.45) is 0.999. The van der Waals surface area contributed by atoms with Gasteiger partial charge in [-0.05, 0) is 55.2 Å². The molecule has 1 aliphatic heterocycles. The Hall–Kier alpha value is -2.71. The third-order valence-corrected chi connectivity index (χ3v) is 6.85. The van der Waals surface area contributed by atoms with Crippen molar-refractivity contribution in [2.45, 2.75) is 51.5 Å². The molecule has 2 N–H and O–H groups in total. The van der Waals surface area contributed by atoms with Crippen LogP contribution in [0.2, 0.25) is 0 Å². The fourth-order valence-corrected chi connectivity index (χ4v) is 4.97. The lowest BCUT2D eigenvalue weighted by molar-refractivity contribution is -0.119. The van der Waals surface area contributed by atoms with E-state index in [2.05, 4.69) is 10.0 Å². The molecule has 2 aromatic carbocycles. The normalized spacial score (nSPS) is 14.4. The minimum Gasteiger partial charge on any atom is -0.325 e. The Morgan fingerprint density at radius 2 is 1.77 bits per heavy atom. The van der Waals surface area contributed by atoms with Crippen molar-refractivity contribution in [3.63, 3.8) is 0 Å². The summed E-state index contributed by atoms with van der Waals surface area (Å²) in [6, 6.07) is 11.1. The molecule has 166 valence electrons. The molecule has 2 amide bonds. The number of aryl methyl sites for hydroxylation is 1. The zero-order chi connectivity index (χ0) is 22.8. The minimum absolute atomic E-state index is 0.0140. The van der Waals surface area contributed by atoms with Gasteiger partial charge in [-0.1, -0.05) is 38.5 Å². The predicted octanol–water partition coefficient (Wildman–Crippen LogP) is 3.24. The smallest absolute Gasteiger partial charge is 0.242 e. The van der Waals surface area contributed by atoms with E-state index in [0.29, 0.717) is 25.1 Å². The molecule has 31 heavy (non-hydrogen) atoms. The molecule has 3 rings (SSSR count). The Kier molecular flexibility index (Phi) is 6.81. The number of nitrogens with zero attached hydrogens (tertiary/aromatic N) is 1. The summed E-state index contributed by atoms with van der Waals surface area (Å²) in [6.45, 7) is 7.88. The average molecular weight is 444 g/mol. The molecule has 1 aliphatic rings. The first-order valence-corrected chi connectivity index (χ1v) is 11.9. The van der Waals surface area contributed by atoms with E-state index in [1.807, 2.05) is 19.1 Å². The van der Waals surface area contributed by atoms with Crippen molar-refractivity contribution in [2.24, 2.45) is 5.92 Å². The van der Waals surface area contributed by atoms with E-state index >= 15 is 0 Å². The molecule has 1 heterocycles. The van der Waals surface area contributed by atoms with Crippen molar-refractivity contribution in [2.75, 3.05) is 16.8 Å². The fraction of sp³-hybridized carbons (Fsp3) is 0.391. The average Bonchev–Trinajstić information content (AvgIpc) is 3.16. The van der Waals surface area contributed by atoms with Gasteiger partial charge in [-0.25, -0.2) is 8.42 Å². The van der Waals surface area contributed by atoms with Gasteiger partial charge in [0.1, 0.15) is 6.04 Å². The van der Waals surface area contributed by atoms with Gasteiger partial charge in [0, 0.05) is 24.3 Å². The van der Waals surface area contributed by atoms with Crippen LogP contribution in [0.4, 0.5) is 11.4 Å². The predicted molar refractivity (Wildman–Crippen MR) is 122 cm³/mol. The Morgan fingerprint density at radius 1 is 1.10 bits per heavy atom. The maximum Gasteiger partial charge on any atom is 0.242 e. The summed E-state index contributed by atoms with van der Waals surface area (Å²) in [5, 5.41) is 2.78. The summed E-state index contributed by atoms with van der Waals surface area (Å²) in [5.74, 6) is -0.657. The lowest BCUT2D eigenvalue weighted by Gasteiger charge is -2.22. The second kappa shape index (κ2) is 9.20. The van der Waals surface area contributed by atoms with Gasteiger partial charge in [0.2, 0.25) is 21.8 Å². The van der Waals surface area contributed by atoms with Crippen molar-refractivity contribution < 1.29 is 18.0 Å². The summed E-state index contributed by atoms with van der Waals surface area (Å²) in [4.78, 5) is 26.7. The van der Waals surface area contributed by atoms with Crippen LogP contribution < -0.4 is 14.9 Å². The Morgan fingerprint density at radius 3 is 2.39 bits per heavy atom. The van der Waals surface area contributed by atoms with Gasteiger partial charge in [0.25, 0.3) is 0 Å². The third kappa shape index (κ3) is 5.14. The number of anilines is 2. The second-order valence-electron chi connectivity index (χ2n) is 8.14. The van der Waals surface area contributed by atoms with Gasteiger partial charge >= 0.3 is 0 Å². The number of carbonyl (C=O) groups excluding carboxylic acids is 2. The van der Waals surface area contributed by atoms with Crippen molar-refractivity contribution >= 4 is 33.2 Å². The van der Waals surface area contributed by atoms with Crippen molar-refractivity contribution in [1.82, 2.24) is 4.72 Å². The standard InChI is InChI=1S/C23H29N3O4S/c1-5-21(27)26-13-12-17-14-19(10-11-20(17)26)31(29,30)25-22(15(2)3)23(28)24-18-8-6-16(4)7-9-18/h6-11,14-15,22,25H,5,12-13H2,1-4H3,(H,24,28). The van der Waals surface area contributed by atoms with Crippen molar-refractivity contribution in [3.8, 4) is 0 Å². The lowest BCUT2D eigenvalue weighted by Crippen LogP contribution is -2.47. The summed E-state index contributed by atoms with van der Waals surface area (Å²) < 4.78 is 28.7. The van der Waals surface area contributed by atoms with Crippen LogP contribution in [0, 0.1) is 12.8 Å². The number of sulfonamides is 1. The van der Waals surface area contributed by atoms with E-state index in [0.717, 1.165) is 16.8 Å². The van der Waals surface area contributed by atoms with E-state index in [1.54, 1.807) is 49.9 Å². The molecule has 0 aromatic heterocycles. The third-order valence-electron chi connectivity index (χ3n) is 5.41. The fourth-order valence-electron chi connectivity index (χ4n) is 3.58. The molecular formula is C23H29N3O4S. The van der Waals surface area contributed by atoms with Crippen LogP contribution in [-0.4, -0.2) is 32.8 Å². The number of amides is 2. The number of carbonyl (C=O) groups is 2. The Balaban J connectivity index is 1.79. The topological polar surface area (TPSA) is 95.6 Å². The van der Waals surface area contributed by atoms with Gasteiger partial charge in [0.15, 0.2) is 0 Å². The summed E-state index contributed by atoms with van der Waals surface area (Å²) in [5.41, 5.74) is 3.24. The summed E-state index contributed by atoms with van der Waals surface area (Å²) >= 11 is 0. The number of nitrogens with one attached hydrogen (secondary N) is 2. The molecular weight excluding hydrogens is 414 g/mol. The monoisotopic (exact) mass is 443 g/mol.